The molecule has 3 N–H and O–H groups in total. The van der Waals surface area contributed by atoms with Crippen LogP contribution >= 0.6 is 0 Å². The first-order valence-corrected chi connectivity index (χ1v) is 12.3. The lowest BCUT2D eigenvalue weighted by atomic mass is 10.0. The zero-order chi connectivity index (χ0) is 24.1. The third kappa shape index (κ3) is 4.26. The van der Waals surface area contributed by atoms with E-state index in [9.17, 15) is 9.90 Å². The van der Waals surface area contributed by atoms with Crippen LogP contribution in [0.5, 0.6) is 0 Å². The van der Waals surface area contributed by atoms with Crippen LogP contribution in [0.2, 0.25) is 0 Å². The van der Waals surface area contributed by atoms with Crippen molar-refractivity contribution in [3.8, 4) is 0 Å². The molecule has 0 radical (unpaired) electrons. The van der Waals surface area contributed by atoms with Crippen molar-refractivity contribution in [2.24, 2.45) is 14.1 Å². The van der Waals surface area contributed by atoms with Gasteiger partial charge in [-0.1, -0.05) is 0 Å². The SMILES string of the molecule is Cn1cc2cc(NC(=O)c3ccc(N4CCC(NC5CC5)CC4)c4cn(C)nc34)cc(CO)c2n1. The second-order valence-electron chi connectivity index (χ2n) is 9.89. The second-order valence-corrected chi connectivity index (χ2v) is 9.89. The molecule has 2 aliphatic rings. The number of nitrogens with one attached hydrogen (secondary N) is 2. The fourth-order valence-corrected chi connectivity index (χ4v) is 5.25. The fraction of sp³-hybridized carbons (Fsp3) is 0.423. The number of aromatic nitrogens is 4. The zero-order valence-electron chi connectivity index (χ0n) is 20.2. The maximum atomic E-state index is 13.4. The molecule has 2 aromatic heterocycles. The number of nitrogens with zero attached hydrogens (tertiary/aromatic N) is 5. The molecule has 9 heteroatoms. The van der Waals surface area contributed by atoms with Crippen LogP contribution in [-0.4, -0.2) is 55.7 Å². The number of hydrogen-bond acceptors (Lipinski definition) is 6. The Balaban J connectivity index is 1.26. The van der Waals surface area contributed by atoms with Crippen molar-refractivity contribution in [1.29, 1.82) is 0 Å². The molecule has 1 aliphatic heterocycles. The quantitative estimate of drug-likeness (QED) is 0.398. The van der Waals surface area contributed by atoms with E-state index >= 15 is 0 Å². The maximum Gasteiger partial charge on any atom is 0.257 e. The number of aliphatic hydroxyl groups excluding tert-OH is 1. The molecular weight excluding hydrogens is 442 g/mol. The molecular formula is C26H31N7O2. The van der Waals surface area contributed by atoms with Gasteiger partial charge < -0.3 is 20.6 Å². The summed E-state index contributed by atoms with van der Waals surface area (Å²) in [6.07, 6.45) is 8.77. The van der Waals surface area contributed by atoms with Gasteiger partial charge in [0.1, 0.15) is 5.52 Å². The average Bonchev–Trinajstić information content (AvgIpc) is 3.44. The Morgan fingerprint density at radius 3 is 2.46 bits per heavy atom. The van der Waals surface area contributed by atoms with Crippen molar-refractivity contribution in [3.63, 3.8) is 0 Å². The number of aliphatic hydroxyl groups is 1. The number of rotatable bonds is 6. The highest BCUT2D eigenvalue weighted by molar-refractivity contribution is 6.14. The summed E-state index contributed by atoms with van der Waals surface area (Å²) < 4.78 is 3.48. The maximum absolute atomic E-state index is 13.4. The molecule has 4 aromatic rings. The number of amides is 1. The normalized spacial score (nSPS) is 16.9. The minimum Gasteiger partial charge on any atom is -0.392 e. The van der Waals surface area contributed by atoms with Gasteiger partial charge in [-0.3, -0.25) is 14.2 Å². The minimum atomic E-state index is -0.222. The highest BCUT2D eigenvalue weighted by Crippen LogP contribution is 2.32. The molecule has 0 spiro atoms. The monoisotopic (exact) mass is 473 g/mol. The summed E-state index contributed by atoms with van der Waals surface area (Å²) in [6.45, 7) is 1.84. The fourth-order valence-electron chi connectivity index (χ4n) is 5.25. The first-order valence-electron chi connectivity index (χ1n) is 12.3. The Bertz CT molecular complexity index is 1410. The van der Waals surface area contributed by atoms with E-state index < -0.39 is 0 Å². The molecule has 182 valence electrons. The number of carbonyl (C=O) groups excluding carboxylic acids is 1. The highest BCUT2D eigenvalue weighted by atomic mass is 16.3. The summed E-state index contributed by atoms with van der Waals surface area (Å²) in [6, 6.07) is 8.93. The second kappa shape index (κ2) is 8.66. The Labute approximate surface area is 203 Å². The van der Waals surface area contributed by atoms with Gasteiger partial charge in [-0.25, -0.2) is 0 Å². The minimum absolute atomic E-state index is 0.150. The number of anilines is 2. The molecule has 2 aromatic carbocycles. The molecule has 1 amide bonds. The van der Waals surface area contributed by atoms with Crippen LogP contribution in [0.3, 0.4) is 0 Å². The zero-order valence-corrected chi connectivity index (χ0v) is 20.2. The van der Waals surface area contributed by atoms with E-state index in [1.165, 1.54) is 12.8 Å². The summed E-state index contributed by atoms with van der Waals surface area (Å²) in [5, 5.41) is 27.5. The standard InChI is InChI=1S/C26H31N7O2/c1-31-13-16-11-20(12-17(15-34)24(16)29-31)28-26(35)21-5-6-23(22-14-32(2)30-25(21)22)33-9-7-19(8-10-33)27-18-3-4-18/h5-6,11-14,18-19,27,34H,3-4,7-10,15H2,1-2H3,(H,28,35). The van der Waals surface area contributed by atoms with Crippen LogP contribution in [0, 0.1) is 0 Å². The first-order chi connectivity index (χ1) is 17.0. The van der Waals surface area contributed by atoms with Crippen LogP contribution in [0.1, 0.15) is 41.6 Å². The predicted molar refractivity (Wildman–Crippen MR) is 137 cm³/mol. The summed E-state index contributed by atoms with van der Waals surface area (Å²) in [5.41, 5.74) is 4.40. The smallest absolute Gasteiger partial charge is 0.257 e. The summed E-state index contributed by atoms with van der Waals surface area (Å²) >= 11 is 0. The number of aryl methyl sites for hydroxylation is 2. The average molecular weight is 474 g/mol. The highest BCUT2D eigenvalue weighted by Gasteiger charge is 2.28. The molecule has 35 heavy (non-hydrogen) atoms. The largest absolute Gasteiger partial charge is 0.392 e. The molecule has 9 nitrogen and oxygen atoms in total. The van der Waals surface area contributed by atoms with Crippen molar-refractivity contribution >= 4 is 39.1 Å². The summed E-state index contributed by atoms with van der Waals surface area (Å²) in [5.74, 6) is -0.222. The molecule has 1 aliphatic carbocycles. The van der Waals surface area contributed by atoms with E-state index in [0.717, 1.165) is 53.9 Å². The van der Waals surface area contributed by atoms with Crippen LogP contribution in [0.25, 0.3) is 21.8 Å². The molecule has 0 bridgehead atoms. The molecule has 0 unspecified atom stereocenters. The van der Waals surface area contributed by atoms with E-state index in [-0.39, 0.29) is 12.5 Å². The Hall–Kier alpha value is -3.43. The van der Waals surface area contributed by atoms with Gasteiger partial charge in [0, 0.05) is 79.4 Å². The lowest BCUT2D eigenvalue weighted by molar-refractivity contribution is 0.102. The van der Waals surface area contributed by atoms with Crippen molar-refractivity contribution in [1.82, 2.24) is 24.9 Å². The lowest BCUT2D eigenvalue weighted by Gasteiger charge is -2.34. The van der Waals surface area contributed by atoms with Gasteiger partial charge in [-0.2, -0.15) is 10.2 Å². The molecule has 1 saturated heterocycles. The van der Waals surface area contributed by atoms with Gasteiger partial charge in [0.25, 0.3) is 5.91 Å². The molecule has 1 saturated carbocycles. The van der Waals surface area contributed by atoms with Crippen molar-refractivity contribution < 1.29 is 9.90 Å². The molecule has 2 fully saturated rings. The molecule has 3 heterocycles. The van der Waals surface area contributed by atoms with E-state index in [2.05, 4.69) is 31.8 Å². The number of piperidine rings is 1. The van der Waals surface area contributed by atoms with Gasteiger partial charge in [-0.05, 0) is 49.9 Å². The van der Waals surface area contributed by atoms with E-state index in [1.54, 1.807) is 15.4 Å². The number of benzene rings is 2. The third-order valence-corrected chi connectivity index (χ3v) is 7.13. The predicted octanol–water partition coefficient (Wildman–Crippen LogP) is 2.93. The Morgan fingerprint density at radius 2 is 1.71 bits per heavy atom. The number of fused-ring (bicyclic) bond motifs is 2. The van der Waals surface area contributed by atoms with Crippen LogP contribution in [0.15, 0.2) is 36.7 Å². The summed E-state index contributed by atoms with van der Waals surface area (Å²) in [7, 11) is 3.73. The summed E-state index contributed by atoms with van der Waals surface area (Å²) in [4.78, 5) is 15.8. The van der Waals surface area contributed by atoms with Crippen LogP contribution in [-0.2, 0) is 20.7 Å². The third-order valence-electron chi connectivity index (χ3n) is 7.13. The Morgan fingerprint density at radius 1 is 1.00 bits per heavy atom. The van der Waals surface area contributed by atoms with Crippen LogP contribution < -0.4 is 15.5 Å². The topological polar surface area (TPSA) is 100 Å². The van der Waals surface area contributed by atoms with E-state index in [0.29, 0.717) is 28.4 Å². The van der Waals surface area contributed by atoms with Gasteiger partial charge >= 0.3 is 0 Å². The van der Waals surface area contributed by atoms with Crippen molar-refractivity contribution in [2.75, 3.05) is 23.3 Å². The van der Waals surface area contributed by atoms with Crippen molar-refractivity contribution in [3.05, 3.63) is 47.8 Å². The first kappa shape index (κ1) is 22.1. The lowest BCUT2D eigenvalue weighted by Crippen LogP contribution is -2.43. The molecule has 0 atom stereocenters. The number of hydrogen-bond donors (Lipinski definition) is 3. The van der Waals surface area contributed by atoms with Crippen molar-refractivity contribution in [2.45, 2.75) is 44.4 Å². The van der Waals surface area contributed by atoms with Crippen LogP contribution in [0.4, 0.5) is 11.4 Å². The van der Waals surface area contributed by atoms with Gasteiger partial charge in [0.15, 0.2) is 0 Å². The van der Waals surface area contributed by atoms with E-state index in [1.807, 2.05) is 38.6 Å². The van der Waals surface area contributed by atoms with Gasteiger partial charge in [0.2, 0.25) is 0 Å². The van der Waals surface area contributed by atoms with E-state index in [4.69, 9.17) is 0 Å². The van der Waals surface area contributed by atoms with Gasteiger partial charge in [-0.15, -0.1) is 0 Å². The molecule has 6 rings (SSSR count). The number of carbonyl (C=O) groups is 1. The van der Waals surface area contributed by atoms with Gasteiger partial charge in [0.05, 0.1) is 17.7 Å². The Kier molecular flexibility index (Phi) is 5.46.